The predicted octanol–water partition coefficient (Wildman–Crippen LogP) is 2.17. The number of pyridine rings is 1. The zero-order valence-corrected chi connectivity index (χ0v) is 16.4. The lowest BCUT2D eigenvalue weighted by atomic mass is 10.1. The Bertz CT molecular complexity index is 824. The number of hydrogen-bond donors (Lipinski definition) is 0. The van der Waals surface area contributed by atoms with Crippen LogP contribution >= 0.6 is 0 Å². The van der Waals surface area contributed by atoms with E-state index in [0.29, 0.717) is 25.2 Å². The van der Waals surface area contributed by atoms with Crippen LogP contribution in [0, 0.1) is 6.92 Å². The third-order valence-corrected chi connectivity index (χ3v) is 5.21. The Morgan fingerprint density at radius 1 is 1.07 bits per heavy atom. The Labute approximate surface area is 160 Å². The molecule has 2 amide bonds. The first-order valence-electron chi connectivity index (χ1n) is 9.69. The molecule has 1 aromatic heterocycles. The molecule has 0 N–H and O–H groups in total. The van der Waals surface area contributed by atoms with Crippen molar-refractivity contribution in [2.75, 3.05) is 45.8 Å². The Morgan fingerprint density at radius 3 is 2.41 bits per heavy atom. The summed E-state index contributed by atoms with van der Waals surface area (Å²) in [6.07, 6.45) is 0. The van der Waals surface area contributed by atoms with Gasteiger partial charge in [0.15, 0.2) is 0 Å². The number of aromatic nitrogens is 1. The van der Waals surface area contributed by atoms with E-state index in [9.17, 15) is 9.59 Å². The van der Waals surface area contributed by atoms with Gasteiger partial charge in [-0.15, -0.1) is 0 Å². The zero-order chi connectivity index (χ0) is 19.4. The minimum atomic E-state index is 0.0476. The van der Waals surface area contributed by atoms with Gasteiger partial charge in [0.05, 0.1) is 17.6 Å². The van der Waals surface area contributed by atoms with E-state index in [2.05, 4.69) is 9.88 Å². The molecular weight excluding hydrogens is 340 g/mol. The summed E-state index contributed by atoms with van der Waals surface area (Å²) in [5.41, 5.74) is 2.41. The standard InChI is InChI=1S/C21H28N4O2/c1-4-24(5-2)20(26)15-23-10-12-25(13-11-23)21(27)18-14-16(3)22-19-9-7-6-8-17(18)19/h6-9,14H,4-5,10-13,15H2,1-3H3. The lowest BCUT2D eigenvalue weighted by molar-refractivity contribution is -0.132. The van der Waals surface area contributed by atoms with E-state index in [-0.39, 0.29) is 11.8 Å². The Hall–Kier alpha value is -2.47. The van der Waals surface area contributed by atoms with Crippen LogP contribution in [0.4, 0.5) is 0 Å². The van der Waals surface area contributed by atoms with Crippen molar-refractivity contribution in [3.8, 4) is 0 Å². The van der Waals surface area contributed by atoms with Crippen LogP contribution in [0.25, 0.3) is 10.9 Å². The largest absolute Gasteiger partial charge is 0.342 e. The highest BCUT2D eigenvalue weighted by Gasteiger charge is 2.25. The van der Waals surface area contributed by atoms with Crippen LogP contribution in [0.5, 0.6) is 0 Å². The van der Waals surface area contributed by atoms with Gasteiger partial charge in [-0.3, -0.25) is 19.5 Å². The average molecular weight is 368 g/mol. The summed E-state index contributed by atoms with van der Waals surface area (Å²) in [6, 6.07) is 9.65. The number of para-hydroxylation sites is 1. The molecule has 1 saturated heterocycles. The summed E-state index contributed by atoms with van der Waals surface area (Å²) >= 11 is 0. The fraction of sp³-hybridized carbons (Fsp3) is 0.476. The summed E-state index contributed by atoms with van der Waals surface area (Å²) in [7, 11) is 0. The molecule has 1 fully saturated rings. The molecule has 2 aromatic rings. The molecule has 6 nitrogen and oxygen atoms in total. The van der Waals surface area contributed by atoms with Crippen molar-refractivity contribution in [2.24, 2.45) is 0 Å². The number of fused-ring (bicyclic) bond motifs is 1. The number of nitrogens with zero attached hydrogens (tertiary/aromatic N) is 4. The van der Waals surface area contributed by atoms with E-state index in [4.69, 9.17) is 0 Å². The van der Waals surface area contributed by atoms with Crippen molar-refractivity contribution in [1.82, 2.24) is 19.7 Å². The molecule has 3 rings (SSSR count). The number of aryl methyl sites for hydroxylation is 1. The van der Waals surface area contributed by atoms with Gasteiger partial charge in [-0.1, -0.05) is 18.2 Å². The molecule has 6 heteroatoms. The fourth-order valence-corrected chi connectivity index (χ4v) is 3.63. The van der Waals surface area contributed by atoms with Gasteiger partial charge in [0.1, 0.15) is 0 Å². The van der Waals surface area contributed by atoms with Crippen LogP contribution in [-0.4, -0.2) is 77.3 Å². The van der Waals surface area contributed by atoms with Gasteiger partial charge in [-0.25, -0.2) is 0 Å². The molecule has 144 valence electrons. The normalized spacial score (nSPS) is 15.1. The maximum atomic E-state index is 13.1. The maximum absolute atomic E-state index is 13.1. The monoisotopic (exact) mass is 368 g/mol. The molecule has 0 radical (unpaired) electrons. The number of benzene rings is 1. The van der Waals surface area contributed by atoms with Gasteiger partial charge in [-0.05, 0) is 32.9 Å². The summed E-state index contributed by atoms with van der Waals surface area (Å²) in [4.78, 5) is 35.8. The van der Waals surface area contributed by atoms with Gasteiger partial charge in [0.25, 0.3) is 5.91 Å². The van der Waals surface area contributed by atoms with Crippen molar-refractivity contribution in [2.45, 2.75) is 20.8 Å². The van der Waals surface area contributed by atoms with E-state index >= 15 is 0 Å². The highest BCUT2D eigenvalue weighted by molar-refractivity contribution is 6.06. The summed E-state index contributed by atoms with van der Waals surface area (Å²) in [5, 5.41) is 0.896. The lowest BCUT2D eigenvalue weighted by Gasteiger charge is -2.35. The Morgan fingerprint density at radius 2 is 1.74 bits per heavy atom. The van der Waals surface area contributed by atoms with E-state index < -0.39 is 0 Å². The third kappa shape index (κ3) is 4.27. The van der Waals surface area contributed by atoms with E-state index in [1.54, 1.807) is 0 Å². The van der Waals surface area contributed by atoms with Crippen molar-refractivity contribution in [3.05, 3.63) is 41.6 Å². The zero-order valence-electron chi connectivity index (χ0n) is 16.4. The van der Waals surface area contributed by atoms with Crippen molar-refractivity contribution >= 4 is 22.7 Å². The Balaban J connectivity index is 1.67. The molecule has 0 spiro atoms. The molecule has 2 heterocycles. The number of likely N-dealkylation sites (N-methyl/N-ethyl adjacent to an activating group) is 1. The molecule has 0 atom stereocenters. The summed E-state index contributed by atoms with van der Waals surface area (Å²) in [5.74, 6) is 0.210. The fourth-order valence-electron chi connectivity index (χ4n) is 3.63. The lowest BCUT2D eigenvalue weighted by Crippen LogP contribution is -2.51. The second-order valence-electron chi connectivity index (χ2n) is 6.96. The van der Waals surface area contributed by atoms with Crippen molar-refractivity contribution in [3.63, 3.8) is 0 Å². The van der Waals surface area contributed by atoms with Crippen molar-refractivity contribution < 1.29 is 9.59 Å². The first-order chi connectivity index (χ1) is 13.0. The van der Waals surface area contributed by atoms with Crippen LogP contribution in [0.15, 0.2) is 30.3 Å². The predicted molar refractivity (Wildman–Crippen MR) is 107 cm³/mol. The second kappa shape index (κ2) is 8.48. The molecule has 27 heavy (non-hydrogen) atoms. The quantitative estimate of drug-likeness (QED) is 0.812. The highest BCUT2D eigenvalue weighted by atomic mass is 16.2. The molecule has 0 aliphatic carbocycles. The number of rotatable bonds is 5. The molecule has 0 bridgehead atoms. The minimum Gasteiger partial charge on any atom is -0.342 e. The first-order valence-corrected chi connectivity index (χ1v) is 9.69. The summed E-state index contributed by atoms with van der Waals surface area (Å²) < 4.78 is 0. The number of hydrogen-bond acceptors (Lipinski definition) is 4. The summed E-state index contributed by atoms with van der Waals surface area (Å²) in [6.45, 7) is 10.5. The van der Waals surface area contributed by atoms with Crippen molar-refractivity contribution in [1.29, 1.82) is 0 Å². The average Bonchev–Trinajstić information content (AvgIpc) is 2.68. The van der Waals surface area contributed by atoms with Gasteiger partial charge < -0.3 is 9.80 Å². The number of amides is 2. The first kappa shape index (κ1) is 19.3. The van der Waals surface area contributed by atoms with Crippen LogP contribution in [0.3, 0.4) is 0 Å². The van der Waals surface area contributed by atoms with Gasteiger partial charge in [-0.2, -0.15) is 0 Å². The van der Waals surface area contributed by atoms with Gasteiger partial charge in [0.2, 0.25) is 5.91 Å². The van der Waals surface area contributed by atoms with Crippen LogP contribution in [0.1, 0.15) is 29.9 Å². The number of carbonyl (C=O) groups is 2. The molecule has 1 aliphatic rings. The van der Waals surface area contributed by atoms with Gasteiger partial charge >= 0.3 is 0 Å². The molecule has 1 aromatic carbocycles. The maximum Gasteiger partial charge on any atom is 0.254 e. The molecular formula is C21H28N4O2. The van der Waals surface area contributed by atoms with Crippen LogP contribution < -0.4 is 0 Å². The van der Waals surface area contributed by atoms with E-state index in [1.807, 2.05) is 60.9 Å². The Kier molecular flexibility index (Phi) is 6.06. The number of piperazine rings is 1. The topological polar surface area (TPSA) is 56.8 Å². The van der Waals surface area contributed by atoms with E-state index in [1.165, 1.54) is 0 Å². The van der Waals surface area contributed by atoms with Crippen LogP contribution in [-0.2, 0) is 4.79 Å². The number of carbonyl (C=O) groups excluding carboxylic acids is 2. The third-order valence-electron chi connectivity index (χ3n) is 5.21. The SMILES string of the molecule is CCN(CC)C(=O)CN1CCN(C(=O)c2cc(C)nc3ccccc23)CC1. The molecule has 0 saturated carbocycles. The highest BCUT2D eigenvalue weighted by Crippen LogP contribution is 2.20. The van der Waals surface area contributed by atoms with Gasteiger partial charge in [0, 0.05) is 50.3 Å². The van der Waals surface area contributed by atoms with E-state index in [0.717, 1.165) is 42.8 Å². The minimum absolute atomic E-state index is 0.0476. The molecule has 1 aliphatic heterocycles. The molecule has 0 unspecified atom stereocenters. The van der Waals surface area contributed by atoms with Crippen LogP contribution in [0.2, 0.25) is 0 Å². The second-order valence-corrected chi connectivity index (χ2v) is 6.96. The smallest absolute Gasteiger partial charge is 0.254 e.